The fourth-order valence-electron chi connectivity index (χ4n) is 1.90. The number of rotatable bonds is 1. The van der Waals surface area contributed by atoms with E-state index in [1.54, 1.807) is 24.6 Å². The van der Waals surface area contributed by atoms with E-state index in [9.17, 15) is 9.18 Å². The summed E-state index contributed by atoms with van der Waals surface area (Å²) in [5.74, 6) is -1.35. The fraction of sp³-hybridized carbons (Fsp3) is 0.308. The van der Waals surface area contributed by atoms with Crippen LogP contribution >= 0.6 is 0 Å². The Morgan fingerprint density at radius 3 is 2.47 bits per heavy atom. The molecule has 1 aromatic heterocycles. The molecule has 0 aliphatic heterocycles. The van der Waals surface area contributed by atoms with Crippen LogP contribution in [0.4, 0.5) is 4.39 Å². The zero-order valence-corrected chi connectivity index (χ0v) is 10.4. The van der Waals surface area contributed by atoms with E-state index in [2.05, 4.69) is 0 Å². The Hall–Kier alpha value is -1.84. The lowest BCUT2D eigenvalue weighted by molar-refractivity contribution is 0.0686. The van der Waals surface area contributed by atoms with Crippen molar-refractivity contribution in [2.24, 2.45) is 7.05 Å². The second kappa shape index (κ2) is 4.99. The van der Waals surface area contributed by atoms with Crippen LogP contribution in [0.5, 0.6) is 0 Å². The first-order valence-corrected chi connectivity index (χ1v) is 5.50. The molecule has 92 valence electrons. The summed E-state index contributed by atoms with van der Waals surface area (Å²) in [5.41, 5.74) is 1.53. The number of carboxylic acid groups (broad SMARTS) is 1. The van der Waals surface area contributed by atoms with E-state index in [0.717, 1.165) is 5.52 Å². The average Bonchev–Trinajstić information content (AvgIpc) is 2.54. The zero-order valence-electron chi connectivity index (χ0n) is 10.4. The minimum absolute atomic E-state index is 0.204. The number of halogens is 1. The highest BCUT2D eigenvalue weighted by Gasteiger charge is 2.17. The maximum Gasteiger partial charge on any atom is 0.352 e. The summed E-state index contributed by atoms with van der Waals surface area (Å²) in [6, 6.07) is 4.27. The maximum absolute atomic E-state index is 13.0. The monoisotopic (exact) mass is 237 g/mol. The van der Waals surface area contributed by atoms with E-state index in [1.165, 1.54) is 12.1 Å². The first kappa shape index (κ1) is 13.2. The van der Waals surface area contributed by atoms with Crippen molar-refractivity contribution in [1.82, 2.24) is 4.57 Å². The van der Waals surface area contributed by atoms with Gasteiger partial charge in [-0.1, -0.05) is 13.8 Å². The van der Waals surface area contributed by atoms with Gasteiger partial charge in [-0.15, -0.1) is 0 Å². The SMILES string of the molecule is CC.Cc1c(C(=O)O)n(C)c2ccc(F)cc12. The molecule has 2 rings (SSSR count). The molecule has 0 atom stereocenters. The molecule has 0 radical (unpaired) electrons. The smallest absolute Gasteiger partial charge is 0.352 e. The number of fused-ring (bicyclic) bond motifs is 1. The minimum atomic E-state index is -0.994. The van der Waals surface area contributed by atoms with Crippen LogP contribution in [0, 0.1) is 12.7 Å². The standard InChI is InChI=1S/C11H10FNO2.C2H6/c1-6-8-5-7(12)3-4-9(8)13(2)10(6)11(14)15;1-2/h3-5H,1-2H3,(H,14,15);1-2H3. The van der Waals surface area contributed by atoms with Gasteiger partial charge in [0, 0.05) is 18.0 Å². The summed E-state index contributed by atoms with van der Waals surface area (Å²) in [5, 5.41) is 9.65. The van der Waals surface area contributed by atoms with Gasteiger partial charge >= 0.3 is 5.97 Å². The van der Waals surface area contributed by atoms with Crippen LogP contribution in [-0.4, -0.2) is 15.6 Å². The highest BCUT2D eigenvalue weighted by molar-refractivity contribution is 5.97. The van der Waals surface area contributed by atoms with E-state index >= 15 is 0 Å². The predicted octanol–water partition coefficient (Wildman–Crippen LogP) is 3.35. The molecular weight excluding hydrogens is 221 g/mol. The van der Waals surface area contributed by atoms with E-state index in [1.807, 2.05) is 13.8 Å². The van der Waals surface area contributed by atoms with Gasteiger partial charge in [-0.2, -0.15) is 0 Å². The van der Waals surface area contributed by atoms with E-state index in [0.29, 0.717) is 10.9 Å². The van der Waals surface area contributed by atoms with Crippen LogP contribution in [0.1, 0.15) is 29.9 Å². The molecule has 0 saturated heterocycles. The van der Waals surface area contributed by atoms with Gasteiger partial charge < -0.3 is 9.67 Å². The normalized spacial score (nSPS) is 9.94. The Kier molecular flexibility index (Phi) is 3.89. The molecule has 2 aromatic rings. The van der Waals surface area contributed by atoms with Crippen molar-refractivity contribution in [3.05, 3.63) is 35.3 Å². The first-order chi connectivity index (χ1) is 8.02. The number of aromatic carboxylic acids is 1. The average molecular weight is 237 g/mol. The lowest BCUT2D eigenvalue weighted by atomic mass is 10.1. The molecule has 0 amide bonds. The molecule has 1 aromatic carbocycles. The van der Waals surface area contributed by atoms with Crippen LogP contribution < -0.4 is 0 Å². The molecule has 3 nitrogen and oxygen atoms in total. The molecule has 0 unspecified atom stereocenters. The predicted molar refractivity (Wildman–Crippen MR) is 65.9 cm³/mol. The number of carboxylic acids is 1. The van der Waals surface area contributed by atoms with Gasteiger partial charge in [0.25, 0.3) is 0 Å². The van der Waals surface area contributed by atoms with Crippen molar-refractivity contribution in [3.8, 4) is 0 Å². The highest BCUT2D eigenvalue weighted by atomic mass is 19.1. The molecule has 1 heterocycles. The zero-order chi connectivity index (χ0) is 13.2. The van der Waals surface area contributed by atoms with Gasteiger partial charge in [0.2, 0.25) is 0 Å². The largest absolute Gasteiger partial charge is 0.477 e. The molecule has 0 saturated carbocycles. The topological polar surface area (TPSA) is 42.2 Å². The van der Waals surface area contributed by atoms with Gasteiger partial charge in [-0.05, 0) is 30.7 Å². The second-order valence-electron chi connectivity index (χ2n) is 3.50. The van der Waals surface area contributed by atoms with Crippen LogP contribution in [-0.2, 0) is 7.05 Å². The van der Waals surface area contributed by atoms with Gasteiger partial charge in [0.15, 0.2) is 0 Å². The molecule has 0 spiro atoms. The van der Waals surface area contributed by atoms with Crippen molar-refractivity contribution in [2.45, 2.75) is 20.8 Å². The Morgan fingerprint density at radius 2 is 1.94 bits per heavy atom. The summed E-state index contributed by atoms with van der Waals surface area (Å²) in [6.45, 7) is 5.69. The Bertz CT molecular complexity index is 558. The molecule has 17 heavy (non-hydrogen) atoms. The summed E-state index contributed by atoms with van der Waals surface area (Å²) >= 11 is 0. The van der Waals surface area contributed by atoms with Crippen molar-refractivity contribution >= 4 is 16.9 Å². The number of hydrogen-bond acceptors (Lipinski definition) is 1. The van der Waals surface area contributed by atoms with Gasteiger partial charge in [0.05, 0.1) is 0 Å². The lowest BCUT2D eigenvalue weighted by Crippen LogP contribution is -2.05. The first-order valence-electron chi connectivity index (χ1n) is 5.50. The Balaban J connectivity index is 0.000000686. The highest BCUT2D eigenvalue weighted by Crippen LogP contribution is 2.25. The minimum Gasteiger partial charge on any atom is -0.477 e. The quantitative estimate of drug-likeness (QED) is 0.826. The number of aryl methyl sites for hydroxylation is 2. The number of aromatic nitrogens is 1. The summed E-state index contributed by atoms with van der Waals surface area (Å²) in [4.78, 5) is 11.0. The van der Waals surface area contributed by atoms with Gasteiger partial charge in [-0.25, -0.2) is 9.18 Å². The number of carbonyl (C=O) groups is 1. The van der Waals surface area contributed by atoms with E-state index in [4.69, 9.17) is 5.11 Å². The van der Waals surface area contributed by atoms with Crippen molar-refractivity contribution in [1.29, 1.82) is 0 Å². The number of hydrogen-bond donors (Lipinski definition) is 1. The molecule has 0 bridgehead atoms. The third-order valence-electron chi connectivity index (χ3n) is 2.62. The molecule has 0 aliphatic carbocycles. The molecule has 0 aliphatic rings. The van der Waals surface area contributed by atoms with Crippen molar-refractivity contribution in [2.75, 3.05) is 0 Å². The summed E-state index contributed by atoms with van der Waals surface area (Å²) in [7, 11) is 1.66. The molecule has 0 fully saturated rings. The number of benzene rings is 1. The van der Waals surface area contributed by atoms with Crippen molar-refractivity contribution in [3.63, 3.8) is 0 Å². The van der Waals surface area contributed by atoms with Gasteiger partial charge in [-0.3, -0.25) is 0 Å². The third kappa shape index (κ3) is 2.16. The maximum atomic E-state index is 13.0. The Labute approximate surface area is 99.5 Å². The van der Waals surface area contributed by atoms with E-state index < -0.39 is 5.97 Å². The molecule has 4 heteroatoms. The van der Waals surface area contributed by atoms with Crippen LogP contribution in [0.15, 0.2) is 18.2 Å². The molecular formula is C13H16FNO2. The van der Waals surface area contributed by atoms with Crippen molar-refractivity contribution < 1.29 is 14.3 Å². The van der Waals surface area contributed by atoms with Crippen LogP contribution in [0.2, 0.25) is 0 Å². The van der Waals surface area contributed by atoms with Crippen LogP contribution in [0.3, 0.4) is 0 Å². The summed E-state index contributed by atoms with van der Waals surface area (Å²) < 4.78 is 14.6. The third-order valence-corrected chi connectivity index (χ3v) is 2.62. The van der Waals surface area contributed by atoms with Crippen LogP contribution in [0.25, 0.3) is 10.9 Å². The Morgan fingerprint density at radius 1 is 1.35 bits per heavy atom. The molecule has 1 N–H and O–H groups in total. The second-order valence-corrected chi connectivity index (χ2v) is 3.50. The lowest BCUT2D eigenvalue weighted by Gasteiger charge is -1.98. The van der Waals surface area contributed by atoms with E-state index in [-0.39, 0.29) is 11.5 Å². The number of nitrogens with zero attached hydrogens (tertiary/aromatic N) is 1. The fourth-order valence-corrected chi connectivity index (χ4v) is 1.90. The summed E-state index contributed by atoms with van der Waals surface area (Å²) in [6.07, 6.45) is 0. The van der Waals surface area contributed by atoms with Gasteiger partial charge in [0.1, 0.15) is 11.5 Å².